The summed E-state index contributed by atoms with van der Waals surface area (Å²) < 4.78 is 5.79. The van der Waals surface area contributed by atoms with Gasteiger partial charge in [-0.05, 0) is 64.4 Å². The molecule has 2 rings (SSSR count). The number of hydrogen-bond acceptors (Lipinski definition) is 4. The predicted octanol–water partition coefficient (Wildman–Crippen LogP) is 2.82. The molecule has 1 aromatic carbocycles. The van der Waals surface area contributed by atoms with Gasteiger partial charge in [0, 0.05) is 5.92 Å². The average Bonchev–Trinajstić information content (AvgIpc) is 2.48. The van der Waals surface area contributed by atoms with Crippen molar-refractivity contribution in [3.8, 4) is 5.75 Å². The van der Waals surface area contributed by atoms with E-state index in [4.69, 9.17) is 4.74 Å². The minimum atomic E-state index is -0.440. The third kappa shape index (κ3) is 3.97. The zero-order chi connectivity index (χ0) is 15.5. The van der Waals surface area contributed by atoms with Gasteiger partial charge in [-0.1, -0.05) is 12.1 Å². The summed E-state index contributed by atoms with van der Waals surface area (Å²) in [5.74, 6) is 0.0693. The number of esters is 1. The zero-order valence-corrected chi connectivity index (χ0v) is 13.1. The van der Waals surface area contributed by atoms with E-state index in [9.17, 15) is 9.90 Å². The van der Waals surface area contributed by atoms with E-state index in [0.29, 0.717) is 5.92 Å². The van der Waals surface area contributed by atoms with Crippen LogP contribution in [0.4, 0.5) is 0 Å². The highest BCUT2D eigenvalue weighted by Gasteiger charge is 2.35. The van der Waals surface area contributed by atoms with E-state index < -0.39 is 5.60 Å². The Morgan fingerprint density at radius 1 is 1.29 bits per heavy atom. The molecule has 1 fully saturated rings. The second-order valence-electron chi connectivity index (χ2n) is 6.36. The molecule has 1 unspecified atom stereocenters. The van der Waals surface area contributed by atoms with Crippen molar-refractivity contribution in [2.24, 2.45) is 5.92 Å². The molecule has 1 aliphatic heterocycles. The van der Waals surface area contributed by atoms with Gasteiger partial charge in [-0.15, -0.1) is 0 Å². The number of ether oxygens (including phenoxy) is 1. The first-order chi connectivity index (χ1) is 9.90. The highest BCUT2D eigenvalue weighted by atomic mass is 16.6. The normalized spacial score (nSPS) is 18.2. The third-order valence-electron chi connectivity index (χ3n) is 4.43. The Balaban J connectivity index is 2.00. The lowest BCUT2D eigenvalue weighted by atomic mass is 9.83. The Morgan fingerprint density at radius 3 is 2.43 bits per heavy atom. The van der Waals surface area contributed by atoms with Crippen molar-refractivity contribution in [3.05, 3.63) is 29.8 Å². The number of carbonyl (C=O) groups excluding carboxylic acids is 1. The number of carbonyl (C=O) groups is 1. The molecule has 0 aromatic heterocycles. The van der Waals surface area contributed by atoms with Crippen LogP contribution in [0.15, 0.2) is 24.3 Å². The molecule has 2 N–H and O–H groups in total. The number of rotatable bonds is 4. The lowest BCUT2D eigenvalue weighted by Gasteiger charge is -2.37. The fourth-order valence-corrected chi connectivity index (χ4v) is 2.85. The second kappa shape index (κ2) is 6.48. The van der Waals surface area contributed by atoms with Crippen LogP contribution < -0.4 is 5.32 Å². The number of benzene rings is 1. The third-order valence-corrected chi connectivity index (χ3v) is 4.43. The molecular formula is C17H25NO3. The molecule has 1 atom stereocenters. The molecule has 0 aliphatic carbocycles. The topological polar surface area (TPSA) is 58.6 Å². The number of phenols is 1. The monoisotopic (exact) mass is 291 g/mol. The quantitative estimate of drug-likeness (QED) is 0.838. The molecule has 0 bridgehead atoms. The van der Waals surface area contributed by atoms with Crippen LogP contribution in [0.3, 0.4) is 0 Å². The van der Waals surface area contributed by atoms with Gasteiger partial charge in [-0.3, -0.25) is 4.79 Å². The smallest absolute Gasteiger partial charge is 0.313 e. The largest absolute Gasteiger partial charge is 0.508 e. The van der Waals surface area contributed by atoms with Crippen molar-refractivity contribution in [1.82, 2.24) is 5.32 Å². The molecule has 0 amide bonds. The molecular weight excluding hydrogens is 266 g/mol. The highest BCUT2D eigenvalue weighted by Crippen LogP contribution is 2.31. The first-order valence-corrected chi connectivity index (χ1v) is 7.62. The summed E-state index contributed by atoms with van der Waals surface area (Å²) in [6.07, 6.45) is 2.07. The maximum Gasteiger partial charge on any atom is 0.313 e. The molecule has 1 aromatic rings. The fourth-order valence-electron chi connectivity index (χ4n) is 2.85. The molecule has 1 saturated heterocycles. The van der Waals surface area contributed by atoms with Crippen molar-refractivity contribution in [2.45, 2.75) is 45.1 Å². The minimum Gasteiger partial charge on any atom is -0.508 e. The van der Waals surface area contributed by atoms with Crippen molar-refractivity contribution in [1.29, 1.82) is 0 Å². The van der Waals surface area contributed by atoms with Gasteiger partial charge in [-0.2, -0.15) is 0 Å². The molecule has 1 heterocycles. The van der Waals surface area contributed by atoms with Crippen LogP contribution in [0, 0.1) is 5.92 Å². The van der Waals surface area contributed by atoms with E-state index in [-0.39, 0.29) is 17.6 Å². The first kappa shape index (κ1) is 15.8. The Bertz CT molecular complexity index is 475. The van der Waals surface area contributed by atoms with Crippen molar-refractivity contribution in [3.63, 3.8) is 0 Å². The van der Waals surface area contributed by atoms with Crippen molar-refractivity contribution >= 4 is 5.97 Å². The number of phenolic OH excluding ortho intramolecular Hbond substituents is 1. The summed E-state index contributed by atoms with van der Waals surface area (Å²) in [4.78, 5) is 12.4. The summed E-state index contributed by atoms with van der Waals surface area (Å²) in [7, 11) is 0. The van der Waals surface area contributed by atoms with Gasteiger partial charge in [-0.25, -0.2) is 0 Å². The van der Waals surface area contributed by atoms with E-state index in [1.165, 1.54) is 0 Å². The number of aromatic hydroxyl groups is 1. The van der Waals surface area contributed by atoms with Gasteiger partial charge >= 0.3 is 5.97 Å². The van der Waals surface area contributed by atoms with Crippen LogP contribution in [-0.4, -0.2) is 29.8 Å². The molecule has 4 nitrogen and oxygen atoms in total. The van der Waals surface area contributed by atoms with Gasteiger partial charge < -0.3 is 15.2 Å². The maximum atomic E-state index is 12.4. The van der Waals surface area contributed by atoms with Crippen molar-refractivity contribution < 1.29 is 14.6 Å². The first-order valence-electron chi connectivity index (χ1n) is 7.62. The van der Waals surface area contributed by atoms with Gasteiger partial charge in [0.2, 0.25) is 0 Å². The van der Waals surface area contributed by atoms with Crippen LogP contribution in [0.1, 0.15) is 45.1 Å². The molecule has 0 saturated carbocycles. The molecule has 21 heavy (non-hydrogen) atoms. The predicted molar refractivity (Wildman–Crippen MR) is 82.3 cm³/mol. The van der Waals surface area contributed by atoms with Crippen LogP contribution in [-0.2, 0) is 9.53 Å². The average molecular weight is 291 g/mol. The molecule has 0 spiro atoms. The minimum absolute atomic E-state index is 0.203. The number of piperidine rings is 1. The van der Waals surface area contributed by atoms with Crippen LogP contribution >= 0.6 is 0 Å². The standard InChI is InChI=1S/C17H25NO3/c1-12(13-4-6-15(19)7-5-13)16(20)21-17(2,3)14-8-10-18-11-9-14/h4-7,12,14,18-19H,8-11H2,1-3H3. The fraction of sp³-hybridized carbons (Fsp3) is 0.588. The van der Waals surface area contributed by atoms with Gasteiger partial charge in [0.25, 0.3) is 0 Å². The second-order valence-corrected chi connectivity index (χ2v) is 6.36. The summed E-state index contributed by atoms with van der Waals surface area (Å²) in [6, 6.07) is 6.71. The Hall–Kier alpha value is -1.55. The lowest BCUT2D eigenvalue weighted by molar-refractivity contribution is -0.164. The molecule has 1 aliphatic rings. The van der Waals surface area contributed by atoms with Crippen LogP contribution in [0.25, 0.3) is 0 Å². The number of nitrogens with one attached hydrogen (secondary N) is 1. The molecule has 0 radical (unpaired) electrons. The van der Waals surface area contributed by atoms with Crippen LogP contribution in [0.5, 0.6) is 5.75 Å². The van der Waals surface area contributed by atoms with Gasteiger partial charge in [0.15, 0.2) is 0 Å². The van der Waals surface area contributed by atoms with E-state index >= 15 is 0 Å². The van der Waals surface area contributed by atoms with E-state index in [1.54, 1.807) is 24.3 Å². The van der Waals surface area contributed by atoms with Gasteiger partial charge in [0.1, 0.15) is 11.4 Å². The number of hydrogen-bond donors (Lipinski definition) is 2. The Labute approximate surface area is 126 Å². The van der Waals surface area contributed by atoms with E-state index in [0.717, 1.165) is 31.5 Å². The molecule has 4 heteroatoms. The van der Waals surface area contributed by atoms with E-state index in [2.05, 4.69) is 5.32 Å². The maximum absolute atomic E-state index is 12.4. The summed E-state index contributed by atoms with van der Waals surface area (Å²) in [5, 5.41) is 12.6. The summed E-state index contributed by atoms with van der Waals surface area (Å²) in [6.45, 7) is 7.82. The Kier molecular flexibility index (Phi) is 4.88. The van der Waals surface area contributed by atoms with Crippen LogP contribution in [0.2, 0.25) is 0 Å². The highest BCUT2D eigenvalue weighted by molar-refractivity contribution is 5.78. The summed E-state index contributed by atoms with van der Waals surface area (Å²) in [5.41, 5.74) is 0.420. The van der Waals surface area contributed by atoms with Crippen molar-refractivity contribution in [2.75, 3.05) is 13.1 Å². The SMILES string of the molecule is CC(C(=O)OC(C)(C)C1CCNCC1)c1ccc(O)cc1. The summed E-state index contributed by atoms with van der Waals surface area (Å²) >= 11 is 0. The Morgan fingerprint density at radius 2 is 1.86 bits per heavy atom. The van der Waals surface area contributed by atoms with E-state index in [1.807, 2.05) is 20.8 Å². The zero-order valence-electron chi connectivity index (χ0n) is 13.1. The van der Waals surface area contributed by atoms with Gasteiger partial charge in [0.05, 0.1) is 5.92 Å². The molecule has 116 valence electrons. The lowest BCUT2D eigenvalue weighted by Crippen LogP contribution is -2.43.